The van der Waals surface area contributed by atoms with Crippen molar-refractivity contribution in [3.63, 3.8) is 0 Å². The molecule has 5 N–H and O–H groups in total. The molecule has 2 aromatic rings. The molecule has 1 heterocycles. The van der Waals surface area contributed by atoms with Gasteiger partial charge in [-0.3, -0.25) is 11.1 Å². The van der Waals surface area contributed by atoms with E-state index in [1.54, 1.807) is 0 Å². The van der Waals surface area contributed by atoms with Crippen molar-refractivity contribution >= 4 is 51.8 Å². The van der Waals surface area contributed by atoms with Crippen molar-refractivity contribution in [3.05, 3.63) is 30.5 Å². The molecule has 1 aromatic carbocycles. The maximum absolute atomic E-state index is 5.42. The topological polar surface area (TPSA) is 67.4 Å². The molecule has 1 aromatic heterocycles. The summed E-state index contributed by atoms with van der Waals surface area (Å²) < 4.78 is 0. The predicted molar refractivity (Wildman–Crippen MR) is 70.7 cm³/mol. The molecule has 0 radical (unpaired) electrons. The molecule has 0 fully saturated rings. The van der Waals surface area contributed by atoms with Crippen LogP contribution in [0.3, 0.4) is 0 Å². The number of amidine groups is 1. The monoisotopic (exact) mass is 320 g/mol. The number of thioether (sulfide) groups is 1. The van der Waals surface area contributed by atoms with E-state index in [1.807, 2.05) is 30.5 Å². The molecule has 0 bridgehead atoms. The second-order valence-corrected chi connectivity index (χ2v) is 3.82. The van der Waals surface area contributed by atoms with Crippen LogP contribution in [0.1, 0.15) is 0 Å². The summed E-state index contributed by atoms with van der Waals surface area (Å²) in [6.45, 7) is 0. The second-order valence-electron chi connectivity index (χ2n) is 2.70. The van der Waals surface area contributed by atoms with Crippen LogP contribution < -0.4 is 11.1 Å². The van der Waals surface area contributed by atoms with Crippen LogP contribution in [-0.4, -0.2) is 10.2 Å². The Labute approximate surface area is 103 Å². The Kier molecular flexibility index (Phi) is 3.82. The SMILES string of the molecule is I.NC(=[NH2+])Sc1c[nH]c2ccccc12. The average molecular weight is 320 g/mol. The molecule has 74 valence electrons. The Bertz CT molecular complexity index is 452. The van der Waals surface area contributed by atoms with Gasteiger partial charge in [0.1, 0.15) is 0 Å². The van der Waals surface area contributed by atoms with Crippen molar-refractivity contribution in [3.8, 4) is 0 Å². The van der Waals surface area contributed by atoms with E-state index >= 15 is 0 Å². The zero-order valence-electron chi connectivity index (χ0n) is 7.36. The number of hydrogen-bond donors (Lipinski definition) is 3. The van der Waals surface area contributed by atoms with Gasteiger partial charge in [-0.05, 0) is 17.8 Å². The van der Waals surface area contributed by atoms with Crippen LogP contribution in [0.15, 0.2) is 35.4 Å². The van der Waals surface area contributed by atoms with E-state index in [2.05, 4.69) is 4.98 Å². The quantitative estimate of drug-likeness (QED) is 0.317. The third-order valence-electron chi connectivity index (χ3n) is 1.78. The van der Waals surface area contributed by atoms with Crippen molar-refractivity contribution in [2.24, 2.45) is 5.73 Å². The lowest BCUT2D eigenvalue weighted by Gasteiger charge is -1.91. The van der Waals surface area contributed by atoms with Crippen LogP contribution in [0.25, 0.3) is 10.9 Å². The van der Waals surface area contributed by atoms with Crippen LogP contribution >= 0.6 is 35.7 Å². The normalized spacial score (nSPS) is 9.71. The molecule has 0 atom stereocenters. The Morgan fingerprint density at radius 2 is 2.07 bits per heavy atom. The van der Waals surface area contributed by atoms with Crippen LogP contribution in [0.5, 0.6) is 0 Å². The summed E-state index contributed by atoms with van der Waals surface area (Å²) in [5.41, 5.74) is 6.52. The summed E-state index contributed by atoms with van der Waals surface area (Å²) >= 11 is 1.38. The Morgan fingerprint density at radius 3 is 2.79 bits per heavy atom. The molecule has 0 aliphatic heterocycles. The third-order valence-corrected chi connectivity index (χ3v) is 2.57. The van der Waals surface area contributed by atoms with E-state index < -0.39 is 0 Å². The molecule has 14 heavy (non-hydrogen) atoms. The highest BCUT2D eigenvalue weighted by molar-refractivity contribution is 14.0. The number of H-pyrrole nitrogens is 1. The van der Waals surface area contributed by atoms with Crippen LogP contribution in [0.2, 0.25) is 0 Å². The fourth-order valence-corrected chi connectivity index (χ4v) is 1.92. The van der Waals surface area contributed by atoms with Crippen molar-refractivity contribution in [2.45, 2.75) is 4.90 Å². The lowest BCUT2D eigenvalue weighted by atomic mass is 10.2. The highest BCUT2D eigenvalue weighted by Gasteiger charge is 2.06. The van der Waals surface area contributed by atoms with E-state index in [0.717, 1.165) is 15.8 Å². The Hall–Kier alpha value is -0.690. The van der Waals surface area contributed by atoms with Crippen LogP contribution in [0, 0.1) is 0 Å². The van der Waals surface area contributed by atoms with Crippen molar-refractivity contribution in [1.29, 1.82) is 0 Å². The van der Waals surface area contributed by atoms with Gasteiger partial charge in [-0.1, -0.05) is 18.2 Å². The van der Waals surface area contributed by atoms with E-state index in [1.165, 1.54) is 11.8 Å². The van der Waals surface area contributed by atoms with Gasteiger partial charge < -0.3 is 4.98 Å². The predicted octanol–water partition coefficient (Wildman–Crippen LogP) is 0.952. The fraction of sp³-hybridized carbons (Fsp3) is 0. The first-order chi connectivity index (χ1) is 6.27. The molecule has 0 aliphatic carbocycles. The van der Waals surface area contributed by atoms with Gasteiger partial charge in [-0.15, -0.1) is 24.0 Å². The number of aromatic amines is 1. The van der Waals surface area contributed by atoms with Crippen LogP contribution in [0.4, 0.5) is 0 Å². The van der Waals surface area contributed by atoms with Gasteiger partial charge in [0.2, 0.25) is 0 Å². The summed E-state index contributed by atoms with van der Waals surface area (Å²) in [7, 11) is 0. The number of halogens is 1. The fourth-order valence-electron chi connectivity index (χ4n) is 1.26. The molecule has 2 rings (SSSR count). The standard InChI is InChI=1S/C9H9N3S.HI/c10-9(11)13-8-5-12-7-4-2-1-3-6(7)8;/h1-5,12H,(H3,10,11);1H/p+1. The molecule has 0 aliphatic rings. The maximum atomic E-state index is 5.42. The van der Waals surface area contributed by atoms with Gasteiger partial charge >= 0.3 is 5.17 Å². The first-order valence-corrected chi connectivity index (χ1v) is 4.71. The molecular formula is C9H11IN3S+. The average Bonchev–Trinajstić information content (AvgIpc) is 2.48. The first kappa shape index (κ1) is 11.4. The smallest absolute Gasteiger partial charge is 0.304 e. The lowest BCUT2D eigenvalue weighted by Crippen LogP contribution is -2.43. The summed E-state index contributed by atoms with van der Waals surface area (Å²) in [5.74, 6) is 0. The summed E-state index contributed by atoms with van der Waals surface area (Å²) in [5, 5.41) is 6.94. The zero-order valence-corrected chi connectivity index (χ0v) is 10.5. The zero-order chi connectivity index (χ0) is 9.26. The molecule has 5 heteroatoms. The highest BCUT2D eigenvalue weighted by atomic mass is 127. The number of fused-ring (bicyclic) bond motifs is 1. The number of nitrogens with two attached hydrogens (primary N) is 2. The molecule has 0 unspecified atom stereocenters. The van der Waals surface area contributed by atoms with Crippen molar-refractivity contribution < 1.29 is 5.41 Å². The molecule has 0 saturated heterocycles. The number of nitrogens with one attached hydrogen (secondary N) is 1. The molecule has 0 spiro atoms. The number of para-hydroxylation sites is 1. The van der Waals surface area contributed by atoms with E-state index in [-0.39, 0.29) is 24.0 Å². The Morgan fingerprint density at radius 1 is 1.36 bits per heavy atom. The van der Waals surface area contributed by atoms with Crippen LogP contribution in [-0.2, 0) is 0 Å². The first-order valence-electron chi connectivity index (χ1n) is 3.89. The minimum absolute atomic E-state index is 0. The molecule has 3 nitrogen and oxygen atoms in total. The summed E-state index contributed by atoms with van der Waals surface area (Å²) in [6.07, 6.45) is 1.91. The van der Waals surface area contributed by atoms with Gasteiger partial charge in [0.05, 0.1) is 0 Å². The minimum atomic E-state index is 0. The van der Waals surface area contributed by atoms with Crippen molar-refractivity contribution in [1.82, 2.24) is 4.98 Å². The molecular weight excluding hydrogens is 309 g/mol. The van der Waals surface area contributed by atoms with Gasteiger partial charge in [-0.25, -0.2) is 0 Å². The van der Waals surface area contributed by atoms with E-state index in [4.69, 9.17) is 11.1 Å². The number of hydrogen-bond acceptors (Lipinski definition) is 1. The largest absolute Gasteiger partial charge is 0.360 e. The minimum Gasteiger partial charge on any atom is -0.360 e. The number of aromatic nitrogens is 1. The summed E-state index contributed by atoms with van der Waals surface area (Å²) in [6, 6.07) is 8.04. The second kappa shape index (κ2) is 4.70. The van der Waals surface area contributed by atoms with E-state index in [9.17, 15) is 0 Å². The van der Waals surface area contributed by atoms with Gasteiger partial charge in [0.25, 0.3) is 0 Å². The van der Waals surface area contributed by atoms with Gasteiger partial charge in [0.15, 0.2) is 0 Å². The number of rotatable bonds is 1. The van der Waals surface area contributed by atoms with Gasteiger partial charge in [0, 0.05) is 22.0 Å². The summed E-state index contributed by atoms with van der Waals surface area (Å²) in [4.78, 5) is 4.21. The third kappa shape index (κ3) is 2.21. The van der Waals surface area contributed by atoms with Crippen molar-refractivity contribution in [2.75, 3.05) is 0 Å². The highest BCUT2D eigenvalue weighted by Crippen LogP contribution is 2.26. The number of benzene rings is 1. The van der Waals surface area contributed by atoms with E-state index in [0.29, 0.717) is 5.17 Å². The molecule has 0 amide bonds. The lowest BCUT2D eigenvalue weighted by molar-refractivity contribution is -0.110. The molecule has 0 saturated carbocycles. The maximum Gasteiger partial charge on any atom is 0.304 e. The van der Waals surface area contributed by atoms with Gasteiger partial charge in [-0.2, -0.15) is 0 Å². The Balaban J connectivity index is 0.000000980.